The second-order valence-electron chi connectivity index (χ2n) is 6.23. The average Bonchev–Trinajstić information content (AvgIpc) is 3.37. The molecule has 4 rings (SSSR count). The van der Waals surface area contributed by atoms with E-state index in [1.165, 1.54) is 11.3 Å². The van der Waals surface area contributed by atoms with Gasteiger partial charge in [0.2, 0.25) is 0 Å². The molecule has 0 aliphatic carbocycles. The Hall–Kier alpha value is -1.30. The van der Waals surface area contributed by atoms with E-state index in [1.807, 2.05) is 0 Å². The fourth-order valence-corrected chi connectivity index (χ4v) is 2.71. The molecule has 5 heteroatoms. The summed E-state index contributed by atoms with van der Waals surface area (Å²) in [6, 6.07) is 6.39. The zero-order chi connectivity index (χ0) is 14.9. The Balaban J connectivity index is 1.48. The highest BCUT2D eigenvalue weighted by atomic mass is 16.6. The summed E-state index contributed by atoms with van der Waals surface area (Å²) in [4.78, 5) is 2.40. The molecular weight excluding hydrogens is 282 g/mol. The summed E-state index contributed by atoms with van der Waals surface area (Å²) in [7, 11) is 0. The first-order valence-corrected chi connectivity index (χ1v) is 8.17. The lowest BCUT2D eigenvalue weighted by Gasteiger charge is -2.26. The van der Waals surface area contributed by atoms with Gasteiger partial charge >= 0.3 is 0 Å². The van der Waals surface area contributed by atoms with Crippen LogP contribution in [0.5, 0.6) is 5.75 Å². The molecule has 1 aromatic carbocycles. The number of nitrogens with zero attached hydrogens (tertiary/aromatic N) is 1. The molecule has 0 amide bonds. The van der Waals surface area contributed by atoms with E-state index in [4.69, 9.17) is 18.9 Å². The van der Waals surface area contributed by atoms with Crippen LogP contribution in [0, 0.1) is 0 Å². The number of benzene rings is 1. The predicted octanol–water partition coefficient (Wildman–Crippen LogP) is 1.63. The molecule has 3 aliphatic rings. The van der Waals surface area contributed by atoms with Crippen LogP contribution in [0.15, 0.2) is 18.2 Å². The Kier molecular flexibility index (Phi) is 3.94. The lowest BCUT2D eigenvalue weighted by molar-refractivity contribution is 0.263. The lowest BCUT2D eigenvalue weighted by Crippen LogP contribution is -2.32. The fraction of sp³-hybridized carbons (Fsp3) is 0.647. The summed E-state index contributed by atoms with van der Waals surface area (Å²) in [5.74, 6) is 0.932. The molecule has 0 saturated carbocycles. The number of epoxide rings is 3. The van der Waals surface area contributed by atoms with Gasteiger partial charge in [0.25, 0.3) is 0 Å². The Morgan fingerprint density at radius 2 is 1.68 bits per heavy atom. The number of rotatable bonds is 9. The quantitative estimate of drug-likeness (QED) is 0.649. The van der Waals surface area contributed by atoms with Crippen LogP contribution in [-0.2, 0) is 20.6 Å². The molecule has 0 radical (unpaired) electrons. The number of hydrogen-bond donors (Lipinski definition) is 0. The first kappa shape index (κ1) is 14.3. The summed E-state index contributed by atoms with van der Waals surface area (Å²) in [6.45, 7) is 7.32. The fourth-order valence-electron chi connectivity index (χ4n) is 2.71. The second-order valence-corrected chi connectivity index (χ2v) is 6.23. The van der Waals surface area contributed by atoms with Crippen LogP contribution in [0.3, 0.4) is 0 Å². The Labute approximate surface area is 131 Å². The molecule has 0 bridgehead atoms. The summed E-state index contributed by atoms with van der Waals surface area (Å²) in [5, 5.41) is 0. The van der Waals surface area contributed by atoms with Crippen LogP contribution < -0.4 is 9.64 Å². The minimum Gasteiger partial charge on any atom is -0.491 e. The molecule has 1 aromatic rings. The Morgan fingerprint density at radius 1 is 1.05 bits per heavy atom. The van der Waals surface area contributed by atoms with Crippen LogP contribution in [0.4, 0.5) is 5.69 Å². The zero-order valence-electron chi connectivity index (χ0n) is 13.0. The molecule has 22 heavy (non-hydrogen) atoms. The standard InChI is InChI=1S/C17H23NO4/c1-2-12-5-13(19-10-16-11-22-16)3-4-17(12)18(6-14-8-20-14)7-15-9-21-15/h3-5,14-16H,2,6-11H2,1H3. The van der Waals surface area contributed by atoms with Gasteiger partial charge in [-0.3, -0.25) is 0 Å². The normalized spacial score (nSPS) is 28.3. The van der Waals surface area contributed by atoms with Gasteiger partial charge in [0.1, 0.15) is 18.5 Å². The highest BCUT2D eigenvalue weighted by molar-refractivity contribution is 5.57. The van der Waals surface area contributed by atoms with E-state index in [0.717, 1.165) is 45.1 Å². The Morgan fingerprint density at radius 3 is 2.23 bits per heavy atom. The van der Waals surface area contributed by atoms with Crippen molar-refractivity contribution in [3.8, 4) is 5.75 Å². The topological polar surface area (TPSA) is 50.1 Å². The van der Waals surface area contributed by atoms with Crippen molar-refractivity contribution in [2.45, 2.75) is 31.7 Å². The number of anilines is 1. The third kappa shape index (κ3) is 3.72. The van der Waals surface area contributed by atoms with Crippen LogP contribution in [-0.4, -0.2) is 57.8 Å². The monoisotopic (exact) mass is 305 g/mol. The maximum absolute atomic E-state index is 5.80. The van der Waals surface area contributed by atoms with E-state index in [-0.39, 0.29) is 0 Å². The molecule has 5 nitrogen and oxygen atoms in total. The predicted molar refractivity (Wildman–Crippen MR) is 82.7 cm³/mol. The molecule has 0 aromatic heterocycles. The minimum absolute atomic E-state index is 0.292. The van der Waals surface area contributed by atoms with Gasteiger partial charge in [-0.2, -0.15) is 0 Å². The summed E-state index contributed by atoms with van der Waals surface area (Å²) >= 11 is 0. The zero-order valence-corrected chi connectivity index (χ0v) is 13.0. The molecule has 3 aliphatic heterocycles. The SMILES string of the molecule is CCc1cc(OCC2CO2)ccc1N(CC1CO1)CC1CO1. The van der Waals surface area contributed by atoms with Crippen molar-refractivity contribution in [3.05, 3.63) is 23.8 Å². The van der Waals surface area contributed by atoms with Gasteiger partial charge in [-0.15, -0.1) is 0 Å². The second kappa shape index (κ2) is 6.07. The van der Waals surface area contributed by atoms with Crippen LogP contribution in [0.2, 0.25) is 0 Å². The summed E-state index contributed by atoms with van der Waals surface area (Å²) in [6.07, 6.45) is 2.04. The van der Waals surface area contributed by atoms with Crippen LogP contribution in [0.1, 0.15) is 12.5 Å². The maximum Gasteiger partial charge on any atom is 0.119 e. The van der Waals surface area contributed by atoms with Gasteiger partial charge in [-0.25, -0.2) is 0 Å². The van der Waals surface area contributed by atoms with Gasteiger partial charge in [0.05, 0.1) is 32.0 Å². The van der Waals surface area contributed by atoms with Crippen molar-refractivity contribution in [2.24, 2.45) is 0 Å². The number of hydrogen-bond acceptors (Lipinski definition) is 5. The third-order valence-corrected chi connectivity index (χ3v) is 4.26. The van der Waals surface area contributed by atoms with E-state index in [2.05, 4.69) is 30.0 Å². The smallest absolute Gasteiger partial charge is 0.119 e. The molecule has 3 heterocycles. The van der Waals surface area contributed by atoms with Gasteiger partial charge in [0, 0.05) is 18.8 Å². The van der Waals surface area contributed by atoms with Crippen molar-refractivity contribution >= 4 is 5.69 Å². The molecule has 3 saturated heterocycles. The molecule has 3 unspecified atom stereocenters. The van der Waals surface area contributed by atoms with Crippen LogP contribution in [0.25, 0.3) is 0 Å². The van der Waals surface area contributed by atoms with Crippen molar-refractivity contribution in [1.29, 1.82) is 0 Å². The van der Waals surface area contributed by atoms with Gasteiger partial charge in [-0.1, -0.05) is 6.92 Å². The van der Waals surface area contributed by atoms with Crippen molar-refractivity contribution < 1.29 is 18.9 Å². The summed E-state index contributed by atoms with van der Waals surface area (Å²) < 4.78 is 21.8. The van der Waals surface area contributed by atoms with Gasteiger partial charge in [0.15, 0.2) is 0 Å². The molecular formula is C17H23NO4. The van der Waals surface area contributed by atoms with Crippen molar-refractivity contribution in [3.63, 3.8) is 0 Å². The molecule has 3 fully saturated rings. The van der Waals surface area contributed by atoms with Gasteiger partial charge < -0.3 is 23.8 Å². The summed E-state index contributed by atoms with van der Waals surface area (Å²) in [5.41, 5.74) is 2.60. The average molecular weight is 305 g/mol. The van der Waals surface area contributed by atoms with E-state index in [9.17, 15) is 0 Å². The van der Waals surface area contributed by atoms with E-state index in [0.29, 0.717) is 24.9 Å². The first-order chi connectivity index (χ1) is 10.8. The molecule has 0 spiro atoms. The first-order valence-electron chi connectivity index (χ1n) is 8.17. The highest BCUT2D eigenvalue weighted by Crippen LogP contribution is 2.29. The third-order valence-electron chi connectivity index (χ3n) is 4.26. The Bertz CT molecular complexity index is 509. The number of aryl methyl sites for hydroxylation is 1. The number of ether oxygens (including phenoxy) is 4. The lowest BCUT2D eigenvalue weighted by atomic mass is 10.1. The molecule has 0 N–H and O–H groups in total. The molecule has 120 valence electrons. The van der Waals surface area contributed by atoms with E-state index in [1.54, 1.807) is 0 Å². The van der Waals surface area contributed by atoms with E-state index < -0.39 is 0 Å². The van der Waals surface area contributed by atoms with Gasteiger partial charge in [-0.05, 0) is 30.2 Å². The van der Waals surface area contributed by atoms with Crippen molar-refractivity contribution in [2.75, 3.05) is 44.4 Å². The minimum atomic E-state index is 0.292. The molecule has 3 atom stereocenters. The van der Waals surface area contributed by atoms with E-state index >= 15 is 0 Å². The van der Waals surface area contributed by atoms with Crippen LogP contribution >= 0.6 is 0 Å². The maximum atomic E-state index is 5.80. The van der Waals surface area contributed by atoms with Crippen molar-refractivity contribution in [1.82, 2.24) is 0 Å². The highest BCUT2D eigenvalue weighted by Gasteiger charge is 2.31. The largest absolute Gasteiger partial charge is 0.491 e.